The summed E-state index contributed by atoms with van der Waals surface area (Å²) in [5.74, 6) is 0.761. The van der Waals surface area contributed by atoms with Crippen molar-refractivity contribution < 1.29 is 0 Å². The van der Waals surface area contributed by atoms with Gasteiger partial charge in [-0.2, -0.15) is 0 Å². The standard InChI is InChI=1S/C16H27N/c1-4-7-11-14(5-2)16(17-6-3)15-12-9-8-10-13-15/h8-10,12-14,16-17H,4-7,11H2,1-3H3. The molecule has 2 unspecified atom stereocenters. The van der Waals surface area contributed by atoms with E-state index >= 15 is 0 Å². The van der Waals surface area contributed by atoms with Crippen molar-refractivity contribution in [2.75, 3.05) is 6.54 Å². The maximum Gasteiger partial charge on any atom is 0.0348 e. The normalized spacial score (nSPS) is 14.5. The van der Waals surface area contributed by atoms with E-state index in [-0.39, 0.29) is 0 Å². The van der Waals surface area contributed by atoms with Crippen molar-refractivity contribution in [3.05, 3.63) is 35.9 Å². The molecule has 0 aromatic heterocycles. The number of hydrogen-bond acceptors (Lipinski definition) is 1. The molecule has 1 nitrogen and oxygen atoms in total. The third-order valence-corrected chi connectivity index (χ3v) is 3.51. The average Bonchev–Trinajstić information content (AvgIpc) is 2.39. The monoisotopic (exact) mass is 233 g/mol. The van der Waals surface area contributed by atoms with Gasteiger partial charge in [-0.15, -0.1) is 0 Å². The van der Waals surface area contributed by atoms with Crippen LogP contribution >= 0.6 is 0 Å². The molecule has 0 aliphatic carbocycles. The van der Waals surface area contributed by atoms with Crippen LogP contribution in [0.4, 0.5) is 0 Å². The van der Waals surface area contributed by atoms with E-state index in [2.05, 4.69) is 56.4 Å². The molecular formula is C16H27N. The molecule has 2 atom stereocenters. The first-order valence-electron chi connectivity index (χ1n) is 7.11. The van der Waals surface area contributed by atoms with Crippen molar-refractivity contribution >= 4 is 0 Å². The second kappa shape index (κ2) is 8.30. The fraction of sp³-hybridized carbons (Fsp3) is 0.625. The number of hydrogen-bond donors (Lipinski definition) is 1. The molecule has 0 bridgehead atoms. The lowest BCUT2D eigenvalue weighted by Crippen LogP contribution is -2.28. The summed E-state index contributed by atoms with van der Waals surface area (Å²) < 4.78 is 0. The molecule has 0 saturated heterocycles. The molecule has 1 heteroatoms. The lowest BCUT2D eigenvalue weighted by atomic mass is 9.87. The average molecular weight is 233 g/mol. The molecule has 0 heterocycles. The van der Waals surface area contributed by atoms with Crippen molar-refractivity contribution in [2.45, 2.75) is 52.5 Å². The minimum atomic E-state index is 0.526. The molecular weight excluding hydrogens is 206 g/mol. The van der Waals surface area contributed by atoms with Gasteiger partial charge in [0.05, 0.1) is 0 Å². The molecule has 0 spiro atoms. The summed E-state index contributed by atoms with van der Waals surface area (Å²) in [6, 6.07) is 11.4. The summed E-state index contributed by atoms with van der Waals surface area (Å²) in [5, 5.41) is 3.66. The number of nitrogens with one attached hydrogen (secondary N) is 1. The highest BCUT2D eigenvalue weighted by Crippen LogP contribution is 2.28. The van der Waals surface area contributed by atoms with Crippen molar-refractivity contribution in [1.82, 2.24) is 5.32 Å². The zero-order valence-corrected chi connectivity index (χ0v) is 11.6. The van der Waals surface area contributed by atoms with Crippen molar-refractivity contribution in [2.24, 2.45) is 5.92 Å². The lowest BCUT2D eigenvalue weighted by molar-refractivity contribution is 0.328. The molecule has 1 rings (SSSR count). The summed E-state index contributed by atoms with van der Waals surface area (Å²) in [6.07, 6.45) is 5.23. The van der Waals surface area contributed by atoms with E-state index in [1.807, 2.05) is 0 Å². The Morgan fingerprint density at radius 2 is 1.76 bits per heavy atom. The summed E-state index contributed by atoms with van der Waals surface area (Å²) in [4.78, 5) is 0. The van der Waals surface area contributed by atoms with E-state index < -0.39 is 0 Å². The van der Waals surface area contributed by atoms with E-state index in [0.29, 0.717) is 6.04 Å². The van der Waals surface area contributed by atoms with Gasteiger partial charge < -0.3 is 5.32 Å². The molecule has 17 heavy (non-hydrogen) atoms. The van der Waals surface area contributed by atoms with E-state index in [4.69, 9.17) is 0 Å². The van der Waals surface area contributed by atoms with Crippen LogP contribution in [0.25, 0.3) is 0 Å². The van der Waals surface area contributed by atoms with E-state index in [1.165, 1.54) is 31.2 Å². The molecule has 0 aliphatic heterocycles. The smallest absolute Gasteiger partial charge is 0.0348 e. The minimum Gasteiger partial charge on any atom is -0.310 e. The first kappa shape index (κ1) is 14.2. The van der Waals surface area contributed by atoms with Gasteiger partial charge in [-0.3, -0.25) is 0 Å². The van der Waals surface area contributed by atoms with Gasteiger partial charge in [0, 0.05) is 6.04 Å². The Morgan fingerprint density at radius 1 is 1.06 bits per heavy atom. The topological polar surface area (TPSA) is 12.0 Å². The quantitative estimate of drug-likeness (QED) is 0.694. The molecule has 1 N–H and O–H groups in total. The van der Waals surface area contributed by atoms with E-state index in [1.54, 1.807) is 0 Å². The SMILES string of the molecule is CCCCC(CC)C(NCC)c1ccccc1. The molecule has 0 aliphatic rings. The zero-order valence-electron chi connectivity index (χ0n) is 11.6. The maximum absolute atomic E-state index is 3.66. The van der Waals surface area contributed by atoms with Crippen LogP contribution in [0.5, 0.6) is 0 Å². The van der Waals surface area contributed by atoms with Gasteiger partial charge >= 0.3 is 0 Å². The molecule has 0 saturated carbocycles. The Balaban J connectivity index is 2.75. The van der Waals surface area contributed by atoms with Gasteiger partial charge in [0.1, 0.15) is 0 Å². The minimum absolute atomic E-state index is 0.526. The van der Waals surface area contributed by atoms with Crippen molar-refractivity contribution in [3.63, 3.8) is 0 Å². The fourth-order valence-corrected chi connectivity index (χ4v) is 2.51. The molecule has 0 amide bonds. The van der Waals surface area contributed by atoms with Gasteiger partial charge in [0.2, 0.25) is 0 Å². The van der Waals surface area contributed by atoms with Gasteiger partial charge in [-0.1, -0.05) is 70.4 Å². The molecule has 96 valence electrons. The zero-order chi connectivity index (χ0) is 12.5. The fourth-order valence-electron chi connectivity index (χ4n) is 2.51. The highest BCUT2D eigenvalue weighted by molar-refractivity contribution is 5.19. The number of benzene rings is 1. The van der Waals surface area contributed by atoms with Gasteiger partial charge in [-0.25, -0.2) is 0 Å². The Labute approximate surface area is 107 Å². The highest BCUT2D eigenvalue weighted by atomic mass is 14.9. The van der Waals surface area contributed by atoms with E-state index in [0.717, 1.165) is 12.5 Å². The second-order valence-corrected chi connectivity index (χ2v) is 4.76. The predicted octanol–water partition coefficient (Wildman–Crippen LogP) is 4.55. The lowest BCUT2D eigenvalue weighted by Gasteiger charge is -2.27. The van der Waals surface area contributed by atoms with Gasteiger partial charge in [0.25, 0.3) is 0 Å². The Kier molecular flexibility index (Phi) is 6.95. The summed E-state index contributed by atoms with van der Waals surface area (Å²) in [6.45, 7) is 7.83. The summed E-state index contributed by atoms with van der Waals surface area (Å²) >= 11 is 0. The van der Waals surface area contributed by atoms with Crippen LogP contribution in [0.2, 0.25) is 0 Å². The summed E-state index contributed by atoms with van der Waals surface area (Å²) in [7, 11) is 0. The maximum atomic E-state index is 3.66. The number of unbranched alkanes of at least 4 members (excludes halogenated alkanes) is 1. The second-order valence-electron chi connectivity index (χ2n) is 4.76. The van der Waals surface area contributed by atoms with Gasteiger partial charge in [0.15, 0.2) is 0 Å². The molecule has 0 radical (unpaired) electrons. The largest absolute Gasteiger partial charge is 0.310 e. The predicted molar refractivity (Wildman–Crippen MR) is 76.2 cm³/mol. The van der Waals surface area contributed by atoms with Crippen LogP contribution in [0.15, 0.2) is 30.3 Å². The van der Waals surface area contributed by atoms with Crippen LogP contribution in [0, 0.1) is 5.92 Å². The van der Waals surface area contributed by atoms with Gasteiger partial charge in [-0.05, 0) is 24.4 Å². The first-order valence-corrected chi connectivity index (χ1v) is 7.11. The van der Waals surface area contributed by atoms with Crippen LogP contribution in [0.3, 0.4) is 0 Å². The van der Waals surface area contributed by atoms with Crippen LogP contribution in [0.1, 0.15) is 58.1 Å². The Morgan fingerprint density at radius 3 is 2.29 bits per heavy atom. The molecule has 1 aromatic carbocycles. The highest BCUT2D eigenvalue weighted by Gasteiger charge is 2.19. The third kappa shape index (κ3) is 4.51. The van der Waals surface area contributed by atoms with Crippen LogP contribution in [-0.4, -0.2) is 6.54 Å². The first-order chi connectivity index (χ1) is 8.33. The number of rotatable bonds is 8. The third-order valence-electron chi connectivity index (χ3n) is 3.51. The molecule has 0 fully saturated rings. The van der Waals surface area contributed by atoms with Crippen molar-refractivity contribution in [1.29, 1.82) is 0 Å². The van der Waals surface area contributed by atoms with E-state index in [9.17, 15) is 0 Å². The molecule has 1 aromatic rings. The van der Waals surface area contributed by atoms with Crippen molar-refractivity contribution in [3.8, 4) is 0 Å². The Hall–Kier alpha value is -0.820. The van der Waals surface area contributed by atoms with Crippen LogP contribution in [-0.2, 0) is 0 Å². The Bertz CT molecular complexity index is 281. The van der Waals surface area contributed by atoms with Crippen LogP contribution < -0.4 is 5.32 Å². The summed E-state index contributed by atoms with van der Waals surface area (Å²) in [5.41, 5.74) is 1.44.